The van der Waals surface area contributed by atoms with E-state index in [1.54, 1.807) is 6.92 Å². The Kier molecular flexibility index (Phi) is 8.68. The van der Waals surface area contributed by atoms with Gasteiger partial charge in [0.25, 0.3) is 5.91 Å². The molecule has 1 aliphatic heterocycles. The molecule has 0 aliphatic carbocycles. The van der Waals surface area contributed by atoms with Crippen LogP contribution in [0.2, 0.25) is 0 Å². The zero-order valence-corrected chi connectivity index (χ0v) is 16.9. The molecule has 0 radical (unpaired) electrons. The Morgan fingerprint density at radius 2 is 1.79 bits per heavy atom. The summed E-state index contributed by atoms with van der Waals surface area (Å²) in [5, 5.41) is 5.90. The highest BCUT2D eigenvalue weighted by Crippen LogP contribution is 2.18. The van der Waals surface area contributed by atoms with Crippen molar-refractivity contribution in [3.8, 4) is 0 Å². The number of amides is 5. The van der Waals surface area contributed by atoms with Crippen molar-refractivity contribution >= 4 is 29.7 Å². The number of ether oxygens (including phenoxy) is 1. The van der Waals surface area contributed by atoms with Crippen LogP contribution in [-0.4, -0.2) is 78.0 Å². The van der Waals surface area contributed by atoms with E-state index < -0.39 is 41.9 Å². The van der Waals surface area contributed by atoms with Crippen LogP contribution in [0.5, 0.6) is 0 Å². The molecule has 1 heterocycles. The molecule has 11 heteroatoms. The minimum Gasteiger partial charge on any atom is -0.449 e. The molecule has 158 valence electrons. The summed E-state index contributed by atoms with van der Waals surface area (Å²) in [4.78, 5) is 61.3. The molecule has 1 fully saturated rings. The largest absolute Gasteiger partial charge is 0.449 e. The molecule has 11 nitrogen and oxygen atoms in total. The second-order valence-corrected chi connectivity index (χ2v) is 6.58. The van der Waals surface area contributed by atoms with Crippen LogP contribution >= 0.6 is 0 Å². The van der Waals surface area contributed by atoms with Crippen molar-refractivity contribution in [1.82, 2.24) is 26.0 Å². The fourth-order valence-corrected chi connectivity index (χ4v) is 2.83. The van der Waals surface area contributed by atoms with Crippen molar-refractivity contribution in [3.63, 3.8) is 0 Å². The number of rotatable bonds is 6. The molecule has 28 heavy (non-hydrogen) atoms. The van der Waals surface area contributed by atoms with Gasteiger partial charge in [-0.25, -0.2) is 9.80 Å². The lowest BCUT2D eigenvalue weighted by molar-refractivity contribution is -0.142. The van der Waals surface area contributed by atoms with Gasteiger partial charge < -0.3 is 20.3 Å². The van der Waals surface area contributed by atoms with E-state index in [1.807, 2.05) is 0 Å². The summed E-state index contributed by atoms with van der Waals surface area (Å²) in [6, 6.07) is -2.42. The fourth-order valence-electron chi connectivity index (χ4n) is 2.83. The first-order chi connectivity index (χ1) is 13.1. The molecule has 0 aromatic rings. The molecule has 0 spiro atoms. The van der Waals surface area contributed by atoms with E-state index in [4.69, 9.17) is 4.74 Å². The number of carbonyl (C=O) groups is 5. The Bertz CT molecular complexity index is 625. The lowest BCUT2D eigenvalue weighted by Gasteiger charge is -2.29. The molecule has 3 atom stereocenters. The van der Waals surface area contributed by atoms with Crippen molar-refractivity contribution < 1.29 is 28.7 Å². The van der Waals surface area contributed by atoms with Gasteiger partial charge in [0.1, 0.15) is 18.1 Å². The second kappa shape index (κ2) is 10.5. The molecule has 1 rings (SSSR count). The van der Waals surface area contributed by atoms with Crippen molar-refractivity contribution in [1.29, 1.82) is 0 Å². The van der Waals surface area contributed by atoms with Gasteiger partial charge in [-0.15, -0.1) is 0 Å². The van der Waals surface area contributed by atoms with E-state index in [2.05, 4.69) is 16.1 Å². The van der Waals surface area contributed by atoms with Gasteiger partial charge in [-0.1, -0.05) is 0 Å². The molecule has 0 bridgehead atoms. The van der Waals surface area contributed by atoms with Crippen LogP contribution in [0.15, 0.2) is 0 Å². The van der Waals surface area contributed by atoms with E-state index in [9.17, 15) is 24.0 Å². The molecule has 0 aromatic carbocycles. The molecule has 0 saturated carbocycles. The number of hydrogen-bond donors (Lipinski definition) is 3. The third-order valence-electron chi connectivity index (χ3n) is 4.20. The van der Waals surface area contributed by atoms with Crippen molar-refractivity contribution in [2.75, 3.05) is 20.2 Å². The fraction of sp³-hybridized carbons (Fsp3) is 0.706. The zero-order chi connectivity index (χ0) is 21.4. The highest BCUT2D eigenvalue weighted by molar-refractivity contribution is 5.94. The average molecular weight is 399 g/mol. The Morgan fingerprint density at radius 3 is 2.36 bits per heavy atom. The van der Waals surface area contributed by atoms with Crippen LogP contribution in [-0.2, 0) is 23.9 Å². The first-order valence-corrected chi connectivity index (χ1v) is 9.17. The Balaban J connectivity index is 2.68. The molecule has 1 aliphatic rings. The van der Waals surface area contributed by atoms with Gasteiger partial charge >= 0.3 is 6.09 Å². The maximum absolute atomic E-state index is 12.7. The van der Waals surface area contributed by atoms with Gasteiger partial charge in [-0.2, -0.15) is 0 Å². The van der Waals surface area contributed by atoms with E-state index in [0.29, 0.717) is 19.4 Å². The second-order valence-electron chi connectivity index (χ2n) is 6.58. The zero-order valence-electron chi connectivity index (χ0n) is 16.9. The lowest BCUT2D eigenvalue weighted by atomic mass is 10.2. The summed E-state index contributed by atoms with van der Waals surface area (Å²) >= 11 is 0. The van der Waals surface area contributed by atoms with Crippen LogP contribution in [0.3, 0.4) is 0 Å². The number of nitrogens with zero attached hydrogens (tertiary/aromatic N) is 2. The highest BCUT2D eigenvalue weighted by atomic mass is 16.6. The summed E-state index contributed by atoms with van der Waals surface area (Å²) in [5.41, 5.74) is 2.40. The number of nitrogens with one attached hydrogen (secondary N) is 3. The van der Waals surface area contributed by atoms with Gasteiger partial charge in [0.05, 0.1) is 6.61 Å². The topological polar surface area (TPSA) is 137 Å². The lowest BCUT2D eigenvalue weighted by Crippen LogP contribution is -2.56. The maximum Gasteiger partial charge on any atom is 0.428 e. The summed E-state index contributed by atoms with van der Waals surface area (Å²) < 4.78 is 4.79. The first kappa shape index (κ1) is 23.2. The van der Waals surface area contributed by atoms with Gasteiger partial charge in [0.15, 0.2) is 0 Å². The molecular formula is C17H29N5O6. The summed E-state index contributed by atoms with van der Waals surface area (Å²) in [6.45, 7) is 6.49. The SMILES string of the molecule is CCOC(=O)N(C)NC(=O)[C@@H]1CCCN1C(=O)[C@H](C)NC(=O)[C@H](C)NC(C)=O. The van der Waals surface area contributed by atoms with Crippen LogP contribution in [0.4, 0.5) is 4.79 Å². The summed E-state index contributed by atoms with van der Waals surface area (Å²) in [6.07, 6.45) is 0.354. The monoisotopic (exact) mass is 399 g/mol. The van der Waals surface area contributed by atoms with E-state index in [0.717, 1.165) is 5.01 Å². The molecule has 0 unspecified atom stereocenters. The van der Waals surface area contributed by atoms with Crippen LogP contribution in [0.25, 0.3) is 0 Å². The molecule has 1 saturated heterocycles. The summed E-state index contributed by atoms with van der Waals surface area (Å²) in [5.74, 6) is -1.78. The van der Waals surface area contributed by atoms with E-state index in [-0.39, 0.29) is 12.5 Å². The molecule has 0 aromatic heterocycles. The predicted octanol–water partition coefficient (Wildman–Crippen LogP) is -0.874. The van der Waals surface area contributed by atoms with Gasteiger partial charge in [0, 0.05) is 20.5 Å². The number of carbonyl (C=O) groups excluding carboxylic acids is 5. The number of hydrogen-bond acceptors (Lipinski definition) is 6. The number of hydrazine groups is 1. The van der Waals surface area contributed by atoms with Crippen molar-refractivity contribution in [2.24, 2.45) is 0 Å². The number of likely N-dealkylation sites (tertiary alicyclic amines) is 1. The van der Waals surface area contributed by atoms with E-state index in [1.165, 1.54) is 32.7 Å². The normalized spacial score (nSPS) is 17.9. The first-order valence-electron chi connectivity index (χ1n) is 9.17. The smallest absolute Gasteiger partial charge is 0.428 e. The molecular weight excluding hydrogens is 370 g/mol. The summed E-state index contributed by atoms with van der Waals surface area (Å²) in [7, 11) is 1.35. The highest BCUT2D eigenvalue weighted by Gasteiger charge is 2.37. The average Bonchev–Trinajstić information content (AvgIpc) is 3.10. The Labute approximate surface area is 164 Å². The van der Waals surface area contributed by atoms with Gasteiger partial charge in [-0.05, 0) is 33.6 Å². The third-order valence-corrected chi connectivity index (χ3v) is 4.20. The minimum atomic E-state index is -0.875. The van der Waals surface area contributed by atoms with Crippen LogP contribution in [0.1, 0.15) is 40.5 Å². The third kappa shape index (κ3) is 6.39. The van der Waals surface area contributed by atoms with E-state index >= 15 is 0 Å². The Morgan fingerprint density at radius 1 is 1.14 bits per heavy atom. The van der Waals surface area contributed by atoms with Crippen LogP contribution in [0, 0.1) is 0 Å². The standard InChI is InChI=1S/C17H29N5O6/c1-6-28-17(27)21(5)20-15(25)13-8-7-9-22(13)16(26)11(3)19-14(24)10(2)18-12(4)23/h10-11,13H,6-9H2,1-5H3,(H,18,23)(H,19,24)(H,20,25)/t10-,11-,13-/m0/s1. The van der Waals surface area contributed by atoms with Gasteiger partial charge in [-0.3, -0.25) is 24.6 Å². The Hall–Kier alpha value is -2.85. The predicted molar refractivity (Wildman–Crippen MR) is 98.5 cm³/mol. The minimum absolute atomic E-state index is 0.168. The molecule has 3 N–H and O–H groups in total. The van der Waals surface area contributed by atoms with Crippen LogP contribution < -0.4 is 16.1 Å². The van der Waals surface area contributed by atoms with Gasteiger partial charge in [0.2, 0.25) is 17.7 Å². The van der Waals surface area contributed by atoms with Crippen molar-refractivity contribution in [2.45, 2.75) is 58.7 Å². The quantitative estimate of drug-likeness (QED) is 0.497. The van der Waals surface area contributed by atoms with Crippen molar-refractivity contribution in [3.05, 3.63) is 0 Å². The maximum atomic E-state index is 12.7. The molecule has 5 amide bonds.